The highest BCUT2D eigenvalue weighted by Gasteiger charge is 2.17. The van der Waals surface area contributed by atoms with Crippen molar-refractivity contribution in [2.24, 2.45) is 5.92 Å². The van der Waals surface area contributed by atoms with Gasteiger partial charge in [0.25, 0.3) is 0 Å². The molecule has 0 aliphatic heterocycles. The molecule has 0 aliphatic carbocycles. The summed E-state index contributed by atoms with van der Waals surface area (Å²) in [7, 11) is -4.56. The number of hydrogen-bond donors (Lipinski definition) is 3. The molecule has 0 radical (unpaired) electrons. The summed E-state index contributed by atoms with van der Waals surface area (Å²) in [6, 6.07) is 0. The van der Waals surface area contributed by atoms with E-state index in [1.54, 1.807) is 0 Å². The number of phosphoric ester groups is 1. The molecule has 0 fully saturated rings. The maximum atomic E-state index is 10.8. The van der Waals surface area contributed by atoms with Gasteiger partial charge in [0.15, 0.2) is 0 Å². The van der Waals surface area contributed by atoms with E-state index in [0.29, 0.717) is 12.5 Å². The van der Waals surface area contributed by atoms with Crippen LogP contribution in [0.5, 0.6) is 0 Å². The fourth-order valence-electron chi connectivity index (χ4n) is 5.11. The quantitative estimate of drug-likeness (QED) is 0.0573. The van der Waals surface area contributed by atoms with E-state index < -0.39 is 20.5 Å². The first-order valence-electron chi connectivity index (χ1n) is 16.3. The van der Waals surface area contributed by atoms with E-state index in [4.69, 9.17) is 14.5 Å². The Morgan fingerprint density at radius 2 is 0.868 bits per heavy atom. The van der Waals surface area contributed by atoms with Crippen LogP contribution in [-0.2, 0) is 13.8 Å². The molecule has 0 spiro atoms. The molecule has 0 aromatic rings. The van der Waals surface area contributed by atoms with Crippen molar-refractivity contribution in [2.45, 2.75) is 174 Å². The summed E-state index contributed by atoms with van der Waals surface area (Å²) < 4.78 is 20.9. The topological polar surface area (TPSA) is 96.2 Å². The van der Waals surface area contributed by atoms with Crippen molar-refractivity contribution in [1.82, 2.24) is 0 Å². The zero-order valence-corrected chi connectivity index (χ0v) is 26.2. The second-order valence-corrected chi connectivity index (χ2v) is 12.7. The van der Waals surface area contributed by atoms with Gasteiger partial charge in [-0.15, -0.1) is 0 Å². The van der Waals surface area contributed by atoms with Crippen LogP contribution in [0.15, 0.2) is 0 Å². The SMILES string of the molecule is CCCCCCCCCCCCCCC(CCCCCCCCCCCC)COCC(O)COP(=O)(O)O. The Morgan fingerprint density at radius 1 is 0.526 bits per heavy atom. The molecule has 230 valence electrons. The third-order valence-corrected chi connectivity index (χ3v) is 8.02. The van der Waals surface area contributed by atoms with Crippen molar-refractivity contribution in [3.63, 3.8) is 0 Å². The normalized spacial score (nSPS) is 13.7. The molecule has 3 N–H and O–H groups in total. The summed E-state index contributed by atoms with van der Waals surface area (Å²) in [6.45, 7) is 4.77. The van der Waals surface area contributed by atoms with E-state index in [-0.39, 0.29) is 6.61 Å². The number of ether oxygens (including phenoxy) is 1. The Hall–Kier alpha value is 0.0300. The third kappa shape index (κ3) is 30.6. The number of hydrogen-bond acceptors (Lipinski definition) is 4. The largest absolute Gasteiger partial charge is 0.469 e. The van der Waals surface area contributed by atoms with Crippen LogP contribution >= 0.6 is 7.82 Å². The fraction of sp³-hybridized carbons (Fsp3) is 1.00. The summed E-state index contributed by atoms with van der Waals surface area (Å²) in [5.41, 5.74) is 0. The van der Waals surface area contributed by atoms with Crippen LogP contribution in [0.3, 0.4) is 0 Å². The van der Waals surface area contributed by atoms with Crippen LogP contribution in [0.1, 0.15) is 168 Å². The number of aliphatic hydroxyl groups excluding tert-OH is 1. The lowest BCUT2D eigenvalue weighted by molar-refractivity contribution is -0.00686. The van der Waals surface area contributed by atoms with Crippen LogP contribution < -0.4 is 0 Å². The summed E-state index contributed by atoms with van der Waals surface area (Å²) in [5.74, 6) is 0.488. The van der Waals surface area contributed by atoms with E-state index in [2.05, 4.69) is 18.4 Å². The molecule has 2 atom stereocenters. The monoisotopic (exact) mass is 564 g/mol. The van der Waals surface area contributed by atoms with E-state index in [1.165, 1.54) is 141 Å². The highest BCUT2D eigenvalue weighted by atomic mass is 31.2. The van der Waals surface area contributed by atoms with Gasteiger partial charge < -0.3 is 19.6 Å². The molecule has 0 amide bonds. The second kappa shape index (κ2) is 28.6. The molecule has 6 nitrogen and oxygen atoms in total. The summed E-state index contributed by atoms with van der Waals surface area (Å²) in [6.07, 6.45) is 30.9. The van der Waals surface area contributed by atoms with Crippen molar-refractivity contribution in [2.75, 3.05) is 19.8 Å². The van der Waals surface area contributed by atoms with Gasteiger partial charge in [-0.1, -0.05) is 155 Å². The molecule has 7 heteroatoms. The predicted molar refractivity (Wildman–Crippen MR) is 160 cm³/mol. The molecular formula is C31H65O6P. The predicted octanol–water partition coefficient (Wildman–Crippen LogP) is 9.49. The lowest BCUT2D eigenvalue weighted by Crippen LogP contribution is -2.23. The maximum Gasteiger partial charge on any atom is 0.469 e. The average molecular weight is 565 g/mol. The van der Waals surface area contributed by atoms with E-state index in [9.17, 15) is 9.67 Å². The molecule has 0 aromatic heterocycles. The van der Waals surface area contributed by atoms with Crippen molar-refractivity contribution in [3.05, 3.63) is 0 Å². The highest BCUT2D eigenvalue weighted by molar-refractivity contribution is 7.46. The van der Waals surface area contributed by atoms with Crippen LogP contribution in [0.25, 0.3) is 0 Å². The van der Waals surface area contributed by atoms with Gasteiger partial charge in [0.2, 0.25) is 0 Å². The molecule has 38 heavy (non-hydrogen) atoms. The molecule has 0 saturated heterocycles. The zero-order valence-electron chi connectivity index (χ0n) is 25.3. The standard InChI is InChI=1S/C31H65O6P/c1-3-5-7-9-11-13-15-16-18-20-22-24-26-30(27-36-28-31(32)29-37-38(33,34)35)25-23-21-19-17-14-12-10-8-6-4-2/h30-32H,3-29H2,1-2H3,(H2,33,34,35). The number of unbranched alkanes of at least 4 members (excludes halogenated alkanes) is 20. The van der Waals surface area contributed by atoms with Crippen LogP contribution in [0, 0.1) is 5.92 Å². The van der Waals surface area contributed by atoms with Crippen molar-refractivity contribution in [3.8, 4) is 0 Å². The summed E-state index contributed by atoms with van der Waals surface area (Å²) >= 11 is 0. The van der Waals surface area contributed by atoms with Gasteiger partial charge in [-0.05, 0) is 18.8 Å². The van der Waals surface area contributed by atoms with Gasteiger partial charge in [-0.25, -0.2) is 4.57 Å². The molecule has 2 unspecified atom stereocenters. The number of aliphatic hydroxyl groups is 1. The van der Waals surface area contributed by atoms with Gasteiger partial charge in [-0.3, -0.25) is 4.52 Å². The average Bonchev–Trinajstić information content (AvgIpc) is 2.88. The third-order valence-electron chi connectivity index (χ3n) is 7.53. The first-order chi connectivity index (χ1) is 18.4. The van der Waals surface area contributed by atoms with Gasteiger partial charge in [0, 0.05) is 6.61 Å². The molecular weight excluding hydrogens is 499 g/mol. The summed E-state index contributed by atoms with van der Waals surface area (Å²) in [4.78, 5) is 17.6. The summed E-state index contributed by atoms with van der Waals surface area (Å²) in [5, 5.41) is 9.89. The minimum absolute atomic E-state index is 0.0486. The van der Waals surface area contributed by atoms with Crippen LogP contribution in [-0.4, -0.2) is 40.8 Å². The Bertz CT molecular complexity index is 513. The Balaban J connectivity index is 4.02. The van der Waals surface area contributed by atoms with Crippen molar-refractivity contribution < 1.29 is 28.7 Å². The fourth-order valence-corrected chi connectivity index (χ4v) is 5.47. The number of phosphoric acid groups is 1. The van der Waals surface area contributed by atoms with Gasteiger partial charge in [0.1, 0.15) is 6.10 Å². The molecule has 0 aliphatic rings. The molecule has 0 bridgehead atoms. The van der Waals surface area contributed by atoms with Gasteiger partial charge in [-0.2, -0.15) is 0 Å². The minimum Gasteiger partial charge on any atom is -0.388 e. The Labute approximate surface area is 236 Å². The second-order valence-electron chi connectivity index (χ2n) is 11.5. The molecule has 0 saturated carbocycles. The van der Waals surface area contributed by atoms with Crippen LogP contribution in [0.2, 0.25) is 0 Å². The molecule has 0 rings (SSSR count). The number of rotatable bonds is 31. The van der Waals surface area contributed by atoms with Crippen molar-refractivity contribution in [1.29, 1.82) is 0 Å². The Morgan fingerprint density at radius 3 is 1.21 bits per heavy atom. The zero-order chi connectivity index (χ0) is 28.2. The van der Waals surface area contributed by atoms with E-state index in [1.807, 2.05) is 0 Å². The minimum atomic E-state index is -4.56. The van der Waals surface area contributed by atoms with E-state index >= 15 is 0 Å². The first-order valence-corrected chi connectivity index (χ1v) is 17.9. The molecule has 0 aromatic carbocycles. The maximum absolute atomic E-state index is 10.8. The van der Waals surface area contributed by atoms with Crippen LogP contribution in [0.4, 0.5) is 0 Å². The van der Waals surface area contributed by atoms with Gasteiger partial charge >= 0.3 is 7.82 Å². The van der Waals surface area contributed by atoms with E-state index in [0.717, 1.165) is 12.8 Å². The highest BCUT2D eigenvalue weighted by Crippen LogP contribution is 2.35. The first kappa shape index (κ1) is 38.0. The van der Waals surface area contributed by atoms with Crippen molar-refractivity contribution >= 4 is 7.82 Å². The smallest absolute Gasteiger partial charge is 0.388 e. The Kier molecular flexibility index (Phi) is 28.6. The lowest BCUT2D eigenvalue weighted by Gasteiger charge is -2.19. The molecule has 0 heterocycles. The van der Waals surface area contributed by atoms with Gasteiger partial charge in [0.05, 0.1) is 13.2 Å². The lowest BCUT2D eigenvalue weighted by atomic mass is 9.94.